The number of benzene rings is 4. The van der Waals surface area contributed by atoms with E-state index in [4.69, 9.17) is 4.98 Å². The lowest BCUT2D eigenvalue weighted by Crippen LogP contribution is -2.00. The van der Waals surface area contributed by atoms with Crippen molar-refractivity contribution >= 4 is 44.8 Å². The number of hydrogen-bond acceptors (Lipinski definition) is 3. The monoisotopic (exact) mass is 587 g/mol. The molecule has 3 aromatic heterocycles. The molecule has 4 nitrogen and oxygen atoms in total. The Kier molecular flexibility index (Phi) is 7.09. The molecule has 0 aliphatic carbocycles. The Morgan fingerprint density at radius 2 is 1.32 bits per heavy atom. The van der Waals surface area contributed by atoms with Gasteiger partial charge in [-0.3, -0.25) is 9.19 Å². The number of fused-ring (bicyclic) bond motifs is 3. The SMILES string of the molecule is C=Cc1c(-c2ccccc2S(C)=O)cc2c(c1C=C)c1cnccc1n2-c1cc(-c2ccccc2)nc(-c2ccccc2)c1. The minimum absolute atomic E-state index is 0.774. The zero-order valence-corrected chi connectivity index (χ0v) is 25.1. The van der Waals surface area contributed by atoms with Gasteiger partial charge >= 0.3 is 0 Å². The van der Waals surface area contributed by atoms with Crippen molar-refractivity contribution < 1.29 is 4.21 Å². The Morgan fingerprint density at radius 3 is 1.93 bits per heavy atom. The normalized spacial score (nSPS) is 11.9. The van der Waals surface area contributed by atoms with Gasteiger partial charge in [0, 0.05) is 45.4 Å². The van der Waals surface area contributed by atoms with Gasteiger partial charge in [-0.25, -0.2) is 4.98 Å². The van der Waals surface area contributed by atoms with Crippen LogP contribution < -0.4 is 0 Å². The number of pyridine rings is 2. The second-order valence-electron chi connectivity index (χ2n) is 10.6. The van der Waals surface area contributed by atoms with Crippen LogP contribution in [0.25, 0.3) is 73.3 Å². The Balaban J connectivity index is 1.63. The van der Waals surface area contributed by atoms with Gasteiger partial charge in [0.1, 0.15) is 0 Å². The first-order valence-corrected chi connectivity index (χ1v) is 15.9. The molecule has 0 spiro atoms. The molecule has 44 heavy (non-hydrogen) atoms. The van der Waals surface area contributed by atoms with Crippen LogP contribution >= 0.6 is 0 Å². The summed E-state index contributed by atoms with van der Waals surface area (Å²) in [5, 5.41) is 2.05. The summed E-state index contributed by atoms with van der Waals surface area (Å²) in [7, 11) is -1.18. The predicted octanol–water partition coefficient (Wildman–Crippen LogP) is 9.60. The third-order valence-corrected chi connectivity index (χ3v) is 9.01. The molecule has 7 rings (SSSR count). The van der Waals surface area contributed by atoms with E-state index in [2.05, 4.69) is 71.2 Å². The van der Waals surface area contributed by atoms with Crippen LogP contribution in [-0.4, -0.2) is 25.0 Å². The van der Waals surface area contributed by atoms with Crippen molar-refractivity contribution in [1.29, 1.82) is 0 Å². The summed E-state index contributed by atoms with van der Waals surface area (Å²) in [6.07, 6.45) is 9.22. The first kappa shape index (κ1) is 27.4. The fourth-order valence-corrected chi connectivity index (χ4v) is 6.86. The first-order chi connectivity index (χ1) is 21.6. The van der Waals surface area contributed by atoms with E-state index in [1.165, 1.54) is 0 Å². The summed E-state index contributed by atoms with van der Waals surface area (Å²) in [4.78, 5) is 10.4. The molecular weight excluding hydrogens is 559 g/mol. The zero-order chi connectivity index (χ0) is 30.2. The van der Waals surface area contributed by atoms with E-state index in [0.29, 0.717) is 0 Å². The predicted molar refractivity (Wildman–Crippen MR) is 185 cm³/mol. The topological polar surface area (TPSA) is 47.8 Å². The summed E-state index contributed by atoms with van der Waals surface area (Å²) in [5.41, 5.74) is 10.6. The minimum Gasteiger partial charge on any atom is -0.309 e. The van der Waals surface area contributed by atoms with Crippen molar-refractivity contribution in [2.75, 3.05) is 6.26 Å². The maximum absolute atomic E-state index is 12.9. The van der Waals surface area contributed by atoms with Gasteiger partial charge in [0.05, 0.1) is 38.9 Å². The number of rotatable bonds is 7. The molecule has 1 unspecified atom stereocenters. The van der Waals surface area contributed by atoms with Crippen LogP contribution in [0.15, 0.2) is 140 Å². The molecule has 0 radical (unpaired) electrons. The maximum Gasteiger partial charge on any atom is 0.0730 e. The van der Waals surface area contributed by atoms with Gasteiger partial charge in [-0.1, -0.05) is 104 Å². The van der Waals surface area contributed by atoms with Crippen LogP contribution in [0.3, 0.4) is 0 Å². The molecular formula is C39H29N3OS. The fraction of sp³-hybridized carbons (Fsp3) is 0.0256. The molecule has 5 heteroatoms. The molecule has 0 saturated heterocycles. The molecule has 3 heterocycles. The van der Waals surface area contributed by atoms with E-state index < -0.39 is 10.8 Å². The number of aromatic nitrogens is 3. The highest BCUT2D eigenvalue weighted by Crippen LogP contribution is 2.42. The summed E-state index contributed by atoms with van der Waals surface area (Å²) in [6, 6.07) is 36.9. The summed E-state index contributed by atoms with van der Waals surface area (Å²) < 4.78 is 15.2. The number of hydrogen-bond donors (Lipinski definition) is 0. The quantitative estimate of drug-likeness (QED) is 0.187. The van der Waals surface area contributed by atoms with E-state index in [0.717, 1.165) is 77.2 Å². The fourth-order valence-electron chi connectivity index (χ4n) is 6.10. The van der Waals surface area contributed by atoms with Crippen molar-refractivity contribution in [1.82, 2.24) is 14.5 Å². The van der Waals surface area contributed by atoms with Gasteiger partial charge in [-0.2, -0.15) is 0 Å². The van der Waals surface area contributed by atoms with E-state index in [9.17, 15) is 4.21 Å². The standard InChI is InChI=1S/C39H29N3OS/c1-4-29-30(5-2)39-33-25-40-21-20-36(33)42(37(39)24-32(29)31-18-12-13-19-38(31)44(3)43)28-22-34(26-14-8-6-9-15-26)41-35(23-28)27-16-10-7-11-17-27/h4-25H,1-2H2,3H3. The number of nitrogens with zero attached hydrogens (tertiary/aromatic N) is 3. The van der Waals surface area contributed by atoms with Gasteiger partial charge in [-0.05, 0) is 52.6 Å². The first-order valence-electron chi connectivity index (χ1n) is 14.3. The maximum atomic E-state index is 12.9. The molecule has 0 saturated carbocycles. The Labute approximate surface area is 259 Å². The largest absolute Gasteiger partial charge is 0.309 e. The van der Waals surface area contributed by atoms with Gasteiger partial charge in [-0.15, -0.1) is 0 Å². The second-order valence-corrected chi connectivity index (χ2v) is 11.9. The second kappa shape index (κ2) is 11.4. The van der Waals surface area contributed by atoms with Gasteiger partial charge in [0.2, 0.25) is 0 Å². The van der Waals surface area contributed by atoms with Crippen LogP contribution in [-0.2, 0) is 10.8 Å². The molecule has 0 aliphatic rings. The van der Waals surface area contributed by atoms with Crippen molar-refractivity contribution in [3.05, 3.63) is 146 Å². The van der Waals surface area contributed by atoms with E-state index in [-0.39, 0.29) is 0 Å². The molecule has 0 N–H and O–H groups in total. The smallest absolute Gasteiger partial charge is 0.0730 e. The molecule has 0 bridgehead atoms. The van der Waals surface area contributed by atoms with Crippen molar-refractivity contribution in [3.63, 3.8) is 0 Å². The third-order valence-electron chi connectivity index (χ3n) is 8.04. The molecule has 4 aromatic carbocycles. The van der Waals surface area contributed by atoms with E-state index >= 15 is 0 Å². The van der Waals surface area contributed by atoms with Crippen LogP contribution in [0.5, 0.6) is 0 Å². The van der Waals surface area contributed by atoms with Crippen molar-refractivity contribution in [3.8, 4) is 39.3 Å². The molecule has 212 valence electrons. The van der Waals surface area contributed by atoms with Gasteiger partial charge in [0.15, 0.2) is 0 Å². The van der Waals surface area contributed by atoms with Crippen LogP contribution in [0.2, 0.25) is 0 Å². The Morgan fingerprint density at radius 1 is 0.705 bits per heavy atom. The highest BCUT2D eigenvalue weighted by molar-refractivity contribution is 7.84. The lowest BCUT2D eigenvalue weighted by molar-refractivity contribution is 0.687. The van der Waals surface area contributed by atoms with Crippen LogP contribution in [0.1, 0.15) is 11.1 Å². The lowest BCUT2D eigenvalue weighted by atomic mass is 9.92. The lowest BCUT2D eigenvalue weighted by Gasteiger charge is -2.17. The van der Waals surface area contributed by atoms with Gasteiger partial charge in [0.25, 0.3) is 0 Å². The molecule has 1 atom stereocenters. The minimum atomic E-state index is -1.18. The average Bonchev–Trinajstić information content (AvgIpc) is 3.42. The Bertz CT molecular complexity index is 2180. The summed E-state index contributed by atoms with van der Waals surface area (Å²) in [5.74, 6) is 0. The average molecular weight is 588 g/mol. The molecule has 0 aliphatic heterocycles. The highest BCUT2D eigenvalue weighted by atomic mass is 32.2. The Hall–Kier alpha value is -5.39. The summed E-state index contributed by atoms with van der Waals surface area (Å²) in [6.45, 7) is 8.42. The molecule has 7 aromatic rings. The third kappa shape index (κ3) is 4.59. The van der Waals surface area contributed by atoms with Crippen LogP contribution in [0, 0.1) is 0 Å². The van der Waals surface area contributed by atoms with Crippen molar-refractivity contribution in [2.45, 2.75) is 4.90 Å². The molecule has 0 amide bonds. The van der Waals surface area contributed by atoms with Gasteiger partial charge < -0.3 is 4.57 Å². The zero-order valence-electron chi connectivity index (χ0n) is 24.3. The van der Waals surface area contributed by atoms with Crippen molar-refractivity contribution in [2.24, 2.45) is 0 Å². The van der Waals surface area contributed by atoms with Crippen LogP contribution in [0.4, 0.5) is 0 Å². The molecule has 0 fully saturated rings. The van der Waals surface area contributed by atoms with E-state index in [1.54, 1.807) is 6.26 Å². The highest BCUT2D eigenvalue weighted by Gasteiger charge is 2.22. The summed E-state index contributed by atoms with van der Waals surface area (Å²) >= 11 is 0. The van der Waals surface area contributed by atoms with E-state index in [1.807, 2.05) is 85.2 Å².